The molecule has 0 aromatic carbocycles. The molecule has 0 aromatic heterocycles. The Balaban J connectivity index is 3.43. The van der Waals surface area contributed by atoms with Gasteiger partial charge in [0.05, 0.1) is 0 Å². The van der Waals surface area contributed by atoms with Crippen molar-refractivity contribution >= 4 is 30.9 Å². The van der Waals surface area contributed by atoms with E-state index in [1.807, 2.05) is 6.08 Å². The Labute approximate surface area is 90.8 Å². The number of hydrogen-bond acceptors (Lipinski definition) is 1. The third-order valence-corrected chi connectivity index (χ3v) is 3.40. The van der Waals surface area contributed by atoms with Gasteiger partial charge in [-0.2, -0.15) is 0 Å². The molecule has 0 radical (unpaired) electrons. The number of allylic oxidation sites excluding steroid dienone is 1. The second-order valence-electron chi connectivity index (χ2n) is 3.89. The van der Waals surface area contributed by atoms with Gasteiger partial charge in [-0.05, 0) is 32.5 Å². The molecule has 1 nitrogen and oxygen atoms in total. The van der Waals surface area contributed by atoms with Gasteiger partial charge in [-0.1, -0.05) is 28.7 Å². The van der Waals surface area contributed by atoms with Crippen LogP contribution in [0.4, 0.5) is 0 Å². The molecule has 0 amide bonds. The lowest BCUT2D eigenvalue weighted by Gasteiger charge is -2.19. The van der Waals surface area contributed by atoms with E-state index in [0.29, 0.717) is 3.92 Å². The minimum Gasteiger partial charge on any atom is -0.417 e. The molecule has 0 heterocycles. The van der Waals surface area contributed by atoms with Crippen LogP contribution in [0.1, 0.15) is 12.8 Å². The summed E-state index contributed by atoms with van der Waals surface area (Å²) in [6, 6.07) is 0. The lowest BCUT2D eigenvalue weighted by atomic mass is 10.2. The summed E-state index contributed by atoms with van der Waals surface area (Å²) in [5, 5.41) is 0. The largest absolute Gasteiger partial charge is 0.417 e. The topological polar surface area (TPSA) is 9.23 Å². The predicted molar refractivity (Wildman–Crippen MR) is 66.5 cm³/mol. The fraction of sp³-hybridized carbons (Fsp3) is 0.778. The van der Waals surface area contributed by atoms with Gasteiger partial charge in [0.1, 0.15) is 0 Å². The van der Waals surface area contributed by atoms with Gasteiger partial charge in [0, 0.05) is 10.5 Å². The van der Waals surface area contributed by atoms with Crippen LogP contribution in [0.5, 0.6) is 0 Å². The van der Waals surface area contributed by atoms with Crippen molar-refractivity contribution in [1.82, 2.24) is 0 Å². The second-order valence-corrected chi connectivity index (χ2v) is 10.2. The second kappa shape index (κ2) is 6.15. The average Bonchev–Trinajstić information content (AvgIpc) is 1.95. The smallest absolute Gasteiger partial charge is 0.183 e. The van der Waals surface area contributed by atoms with Crippen LogP contribution in [0.15, 0.2) is 12.7 Å². The molecule has 0 saturated heterocycles. The number of halogens is 1. The molecule has 0 aliphatic heterocycles. The van der Waals surface area contributed by atoms with E-state index in [2.05, 4.69) is 48.8 Å². The van der Waals surface area contributed by atoms with E-state index in [1.165, 1.54) is 6.42 Å². The molecule has 0 bridgehead atoms. The summed E-state index contributed by atoms with van der Waals surface area (Å²) in [4.78, 5) is 0. The summed E-state index contributed by atoms with van der Waals surface area (Å²) in [7, 11) is -1.29. The Bertz CT molecular complexity index is 131. The summed E-state index contributed by atoms with van der Waals surface area (Å²) in [5.41, 5.74) is 0. The Morgan fingerprint density at radius 1 is 1.50 bits per heavy atom. The van der Waals surface area contributed by atoms with Crippen molar-refractivity contribution in [3.63, 3.8) is 0 Å². The molecule has 0 saturated carbocycles. The summed E-state index contributed by atoms with van der Waals surface area (Å²) in [6.07, 6.45) is 4.26. The summed E-state index contributed by atoms with van der Waals surface area (Å²) in [5.74, 6) is 0. The van der Waals surface area contributed by atoms with Crippen LogP contribution in [0.2, 0.25) is 19.6 Å². The quantitative estimate of drug-likeness (QED) is 0.315. The molecule has 3 heteroatoms. The van der Waals surface area contributed by atoms with Crippen molar-refractivity contribution in [3.8, 4) is 0 Å². The highest BCUT2D eigenvalue weighted by molar-refractivity contribution is 14.1. The molecule has 0 aliphatic rings. The molecule has 0 rings (SSSR count). The van der Waals surface area contributed by atoms with Crippen molar-refractivity contribution in [3.05, 3.63) is 12.7 Å². The van der Waals surface area contributed by atoms with Gasteiger partial charge in [0.15, 0.2) is 8.32 Å². The minimum absolute atomic E-state index is 0.646. The van der Waals surface area contributed by atoms with Crippen molar-refractivity contribution in [2.75, 3.05) is 6.61 Å². The van der Waals surface area contributed by atoms with Gasteiger partial charge >= 0.3 is 0 Å². The van der Waals surface area contributed by atoms with Gasteiger partial charge in [-0.25, -0.2) is 0 Å². The molecule has 1 atom stereocenters. The van der Waals surface area contributed by atoms with Gasteiger partial charge in [-0.15, -0.1) is 6.58 Å². The van der Waals surface area contributed by atoms with E-state index < -0.39 is 8.32 Å². The van der Waals surface area contributed by atoms with Crippen LogP contribution in [-0.4, -0.2) is 18.8 Å². The molecule has 1 unspecified atom stereocenters. The van der Waals surface area contributed by atoms with Crippen LogP contribution < -0.4 is 0 Å². The van der Waals surface area contributed by atoms with Crippen LogP contribution in [0.3, 0.4) is 0 Å². The van der Waals surface area contributed by atoms with Gasteiger partial charge in [-0.3, -0.25) is 0 Å². The maximum absolute atomic E-state index is 5.79. The third kappa shape index (κ3) is 8.74. The van der Waals surface area contributed by atoms with Gasteiger partial charge in [0.2, 0.25) is 0 Å². The minimum atomic E-state index is -1.29. The number of hydrogen-bond donors (Lipinski definition) is 0. The fourth-order valence-electron chi connectivity index (χ4n) is 0.722. The summed E-state index contributed by atoms with van der Waals surface area (Å²) < 4.78 is 6.43. The highest BCUT2D eigenvalue weighted by Crippen LogP contribution is 2.12. The van der Waals surface area contributed by atoms with Crippen molar-refractivity contribution < 1.29 is 4.43 Å². The van der Waals surface area contributed by atoms with Crippen molar-refractivity contribution in [2.24, 2.45) is 0 Å². The molecular formula is C9H19IOSi. The first kappa shape index (κ1) is 12.6. The van der Waals surface area contributed by atoms with E-state index in [-0.39, 0.29) is 0 Å². The van der Waals surface area contributed by atoms with E-state index in [1.54, 1.807) is 0 Å². The van der Waals surface area contributed by atoms with E-state index in [9.17, 15) is 0 Å². The average molecular weight is 298 g/mol. The monoisotopic (exact) mass is 298 g/mol. The lowest BCUT2D eigenvalue weighted by molar-refractivity contribution is 0.312. The molecule has 12 heavy (non-hydrogen) atoms. The van der Waals surface area contributed by atoms with E-state index in [0.717, 1.165) is 13.0 Å². The first-order valence-corrected chi connectivity index (χ1v) is 9.00. The zero-order chi connectivity index (χ0) is 9.61. The molecular weight excluding hydrogens is 279 g/mol. The van der Waals surface area contributed by atoms with Crippen molar-refractivity contribution in [1.29, 1.82) is 0 Å². The SMILES string of the molecule is C=CCCC(I)CO[Si](C)(C)C. The maximum Gasteiger partial charge on any atom is 0.183 e. The standard InChI is InChI=1S/C9H19IOSi/c1-5-6-7-9(10)8-11-12(2,3)4/h5,9H,1,6-8H2,2-4H3. The Morgan fingerprint density at radius 2 is 2.08 bits per heavy atom. The molecule has 72 valence electrons. The van der Waals surface area contributed by atoms with Crippen LogP contribution in [0.25, 0.3) is 0 Å². The highest BCUT2D eigenvalue weighted by atomic mass is 127. The fourth-order valence-corrected chi connectivity index (χ4v) is 2.30. The maximum atomic E-state index is 5.79. The summed E-state index contributed by atoms with van der Waals surface area (Å²) in [6.45, 7) is 11.3. The van der Waals surface area contributed by atoms with Gasteiger partial charge < -0.3 is 4.43 Å². The van der Waals surface area contributed by atoms with Crippen LogP contribution in [0, 0.1) is 0 Å². The van der Waals surface area contributed by atoms with Crippen LogP contribution in [-0.2, 0) is 4.43 Å². The normalized spacial score (nSPS) is 14.3. The first-order chi connectivity index (χ1) is 5.45. The first-order valence-electron chi connectivity index (χ1n) is 4.34. The van der Waals surface area contributed by atoms with Gasteiger partial charge in [0.25, 0.3) is 0 Å². The molecule has 0 fully saturated rings. The Morgan fingerprint density at radius 3 is 2.50 bits per heavy atom. The van der Waals surface area contributed by atoms with Crippen LogP contribution >= 0.6 is 22.6 Å². The van der Waals surface area contributed by atoms with E-state index in [4.69, 9.17) is 4.43 Å². The number of rotatable bonds is 6. The molecule has 0 spiro atoms. The zero-order valence-electron chi connectivity index (χ0n) is 8.27. The highest BCUT2D eigenvalue weighted by Gasteiger charge is 2.15. The van der Waals surface area contributed by atoms with Crippen molar-refractivity contribution in [2.45, 2.75) is 36.4 Å². The predicted octanol–water partition coefficient (Wildman–Crippen LogP) is 3.61. The molecule has 0 aliphatic carbocycles. The zero-order valence-corrected chi connectivity index (χ0v) is 11.4. The lowest BCUT2D eigenvalue weighted by Crippen LogP contribution is -2.28. The third-order valence-electron chi connectivity index (χ3n) is 1.38. The summed E-state index contributed by atoms with van der Waals surface area (Å²) >= 11 is 2.45. The molecule has 0 N–H and O–H groups in total. The number of alkyl halides is 1. The molecule has 0 aromatic rings. The van der Waals surface area contributed by atoms with E-state index >= 15 is 0 Å². The Kier molecular flexibility index (Phi) is 6.49. The Hall–Kier alpha value is 0.647.